The van der Waals surface area contributed by atoms with Crippen LogP contribution >= 0.6 is 0 Å². The Hall–Kier alpha value is -3.72. The molecule has 0 saturated heterocycles. The molecule has 0 fully saturated rings. The van der Waals surface area contributed by atoms with Gasteiger partial charge in [0.15, 0.2) is 0 Å². The molecule has 0 unspecified atom stereocenters. The Bertz CT molecular complexity index is 1240. The van der Waals surface area contributed by atoms with Crippen molar-refractivity contribution in [2.24, 2.45) is 10.2 Å². The fourth-order valence-electron chi connectivity index (χ4n) is 4.56. The summed E-state index contributed by atoms with van der Waals surface area (Å²) in [7, 11) is 0. The number of nitrogens with zero attached hydrogens (tertiary/aromatic N) is 2. The van der Waals surface area contributed by atoms with Crippen LogP contribution in [0.3, 0.4) is 0 Å². The molecule has 3 nitrogen and oxygen atoms in total. The minimum absolute atomic E-state index is 0.0386. The molecule has 3 heteroatoms. The lowest BCUT2D eigenvalue weighted by molar-refractivity contribution is 0.660. The van der Waals surface area contributed by atoms with Crippen LogP contribution in [-0.2, 0) is 5.41 Å². The number of azo groups is 1. The van der Waals surface area contributed by atoms with Crippen molar-refractivity contribution >= 4 is 11.4 Å². The van der Waals surface area contributed by atoms with Gasteiger partial charge in [0.25, 0.3) is 0 Å². The zero-order valence-electron chi connectivity index (χ0n) is 17.8. The molecule has 0 spiro atoms. The Morgan fingerprint density at radius 3 is 2.13 bits per heavy atom. The van der Waals surface area contributed by atoms with Crippen LogP contribution in [0.1, 0.15) is 25.0 Å². The van der Waals surface area contributed by atoms with Gasteiger partial charge in [-0.05, 0) is 34.4 Å². The highest BCUT2D eigenvalue weighted by atomic mass is 15.2. The number of hydrogen-bond acceptors (Lipinski definition) is 3. The maximum Gasteiger partial charge on any atom is 0.129 e. The summed E-state index contributed by atoms with van der Waals surface area (Å²) in [6.45, 7) is 5.02. The molecule has 0 aromatic heterocycles. The molecule has 152 valence electrons. The van der Waals surface area contributed by atoms with Gasteiger partial charge in [0.05, 0.1) is 11.4 Å². The van der Waals surface area contributed by atoms with Gasteiger partial charge in [-0.1, -0.05) is 98.8 Å². The third kappa shape index (κ3) is 3.42. The average Bonchev–Trinajstić information content (AvgIpc) is 3.05. The van der Waals surface area contributed by atoms with Crippen LogP contribution < -0.4 is 5.32 Å². The van der Waals surface area contributed by atoms with Crippen molar-refractivity contribution in [1.29, 1.82) is 0 Å². The first-order valence-electron chi connectivity index (χ1n) is 10.7. The van der Waals surface area contributed by atoms with E-state index in [9.17, 15) is 0 Å². The van der Waals surface area contributed by atoms with Gasteiger partial charge in [0.1, 0.15) is 6.67 Å². The van der Waals surface area contributed by atoms with E-state index in [0.717, 1.165) is 11.4 Å². The topological polar surface area (TPSA) is 36.8 Å². The number of nitrogens with one attached hydrogen (secondary N) is 1. The molecular formula is C28H25N3. The average molecular weight is 404 g/mol. The van der Waals surface area contributed by atoms with E-state index in [-0.39, 0.29) is 5.41 Å². The highest BCUT2D eigenvalue weighted by Crippen LogP contribution is 2.53. The van der Waals surface area contributed by atoms with Crippen LogP contribution in [0.2, 0.25) is 0 Å². The van der Waals surface area contributed by atoms with Crippen molar-refractivity contribution in [3.05, 3.63) is 108 Å². The first kappa shape index (κ1) is 19.3. The van der Waals surface area contributed by atoms with Crippen molar-refractivity contribution in [3.63, 3.8) is 0 Å². The second-order valence-corrected chi connectivity index (χ2v) is 8.36. The molecule has 0 aliphatic heterocycles. The van der Waals surface area contributed by atoms with Crippen molar-refractivity contribution in [1.82, 2.24) is 0 Å². The smallest absolute Gasteiger partial charge is 0.129 e. The summed E-state index contributed by atoms with van der Waals surface area (Å²) < 4.78 is 0. The predicted octanol–water partition coefficient (Wildman–Crippen LogP) is 7.81. The number of fused-ring (bicyclic) bond motifs is 3. The van der Waals surface area contributed by atoms with Crippen LogP contribution in [0.5, 0.6) is 0 Å². The largest absolute Gasteiger partial charge is 0.364 e. The molecule has 0 atom stereocenters. The fourth-order valence-corrected chi connectivity index (χ4v) is 4.56. The molecule has 4 aromatic carbocycles. The molecule has 0 bridgehead atoms. The lowest BCUT2D eigenvalue weighted by atomic mass is 9.82. The third-order valence-electron chi connectivity index (χ3n) is 6.10. The summed E-state index contributed by atoms with van der Waals surface area (Å²) in [5.41, 5.74) is 9.59. The van der Waals surface area contributed by atoms with Crippen LogP contribution in [0, 0.1) is 0 Å². The molecule has 31 heavy (non-hydrogen) atoms. The minimum atomic E-state index is -0.0386. The first-order valence-corrected chi connectivity index (χ1v) is 10.7. The summed E-state index contributed by atoms with van der Waals surface area (Å²) in [6, 6.07) is 33.6. The maximum absolute atomic E-state index is 4.40. The number of anilines is 1. The number of rotatable bonds is 5. The van der Waals surface area contributed by atoms with E-state index in [1.807, 2.05) is 30.3 Å². The summed E-state index contributed by atoms with van der Waals surface area (Å²) >= 11 is 0. The molecular weight excluding hydrogens is 378 g/mol. The summed E-state index contributed by atoms with van der Waals surface area (Å²) in [4.78, 5) is 0. The van der Waals surface area contributed by atoms with E-state index in [4.69, 9.17) is 0 Å². The van der Waals surface area contributed by atoms with Gasteiger partial charge in [0, 0.05) is 16.5 Å². The molecule has 0 radical (unpaired) electrons. The molecule has 1 aliphatic carbocycles. The van der Waals surface area contributed by atoms with Gasteiger partial charge in [-0.3, -0.25) is 0 Å². The fraction of sp³-hybridized carbons (Fsp3) is 0.143. The first-order chi connectivity index (χ1) is 15.2. The van der Waals surface area contributed by atoms with Gasteiger partial charge < -0.3 is 5.32 Å². The van der Waals surface area contributed by atoms with E-state index < -0.39 is 0 Å². The second-order valence-electron chi connectivity index (χ2n) is 8.36. The molecule has 5 rings (SSSR count). The summed E-state index contributed by atoms with van der Waals surface area (Å²) in [6.07, 6.45) is 0. The maximum atomic E-state index is 4.40. The summed E-state index contributed by atoms with van der Waals surface area (Å²) in [5.74, 6) is 0. The van der Waals surface area contributed by atoms with Gasteiger partial charge in [-0.25, -0.2) is 0 Å². The Balaban J connectivity index is 1.60. The SMILES string of the molecule is CC1(C)c2ccccc2-c2c1ccc(-c1ccccc1)c2NC/N=N/c1ccccc1. The van der Waals surface area contributed by atoms with Crippen LogP contribution in [0.15, 0.2) is 107 Å². The molecule has 1 aliphatic rings. The van der Waals surface area contributed by atoms with Crippen molar-refractivity contribution in [2.75, 3.05) is 12.0 Å². The Morgan fingerprint density at radius 2 is 1.35 bits per heavy atom. The lowest BCUT2D eigenvalue weighted by Gasteiger charge is -2.22. The molecule has 0 saturated carbocycles. The molecule has 0 amide bonds. The minimum Gasteiger partial charge on any atom is -0.364 e. The van der Waals surface area contributed by atoms with Crippen molar-refractivity contribution in [3.8, 4) is 22.3 Å². The molecule has 0 heterocycles. The summed E-state index contributed by atoms with van der Waals surface area (Å²) in [5, 5.41) is 12.4. The normalized spacial score (nSPS) is 13.7. The Labute approximate surface area is 183 Å². The van der Waals surface area contributed by atoms with E-state index in [0.29, 0.717) is 6.67 Å². The van der Waals surface area contributed by atoms with E-state index in [1.165, 1.54) is 33.4 Å². The Kier molecular flexibility index (Phi) is 4.87. The second kappa shape index (κ2) is 7.84. The molecule has 1 N–H and O–H groups in total. The van der Waals surface area contributed by atoms with Crippen molar-refractivity contribution in [2.45, 2.75) is 19.3 Å². The number of hydrogen-bond donors (Lipinski definition) is 1. The van der Waals surface area contributed by atoms with E-state index >= 15 is 0 Å². The van der Waals surface area contributed by atoms with Gasteiger partial charge >= 0.3 is 0 Å². The highest BCUT2D eigenvalue weighted by Gasteiger charge is 2.37. The standard InChI is InChI=1S/C28H25N3/c1-28(2)24-16-10-9-15-23(24)26-25(28)18-17-22(20-11-5-3-6-12-20)27(26)29-19-30-31-21-13-7-4-8-14-21/h3-18,29H,19H2,1-2H3/b31-30+. The highest BCUT2D eigenvalue weighted by molar-refractivity contribution is 5.97. The molecule has 4 aromatic rings. The Morgan fingerprint density at radius 1 is 0.677 bits per heavy atom. The van der Waals surface area contributed by atoms with Gasteiger partial charge in [-0.2, -0.15) is 10.2 Å². The van der Waals surface area contributed by atoms with E-state index in [1.54, 1.807) is 0 Å². The van der Waals surface area contributed by atoms with Crippen LogP contribution in [0.25, 0.3) is 22.3 Å². The third-order valence-corrected chi connectivity index (χ3v) is 6.10. The quantitative estimate of drug-likeness (QED) is 0.339. The van der Waals surface area contributed by atoms with E-state index in [2.05, 4.69) is 96.1 Å². The van der Waals surface area contributed by atoms with Crippen LogP contribution in [-0.4, -0.2) is 6.67 Å². The number of benzene rings is 4. The monoisotopic (exact) mass is 403 g/mol. The van der Waals surface area contributed by atoms with Crippen LogP contribution in [0.4, 0.5) is 11.4 Å². The van der Waals surface area contributed by atoms with Gasteiger partial charge in [-0.15, -0.1) is 0 Å². The van der Waals surface area contributed by atoms with Gasteiger partial charge in [0.2, 0.25) is 0 Å². The predicted molar refractivity (Wildman–Crippen MR) is 129 cm³/mol. The lowest BCUT2D eigenvalue weighted by Crippen LogP contribution is -2.15. The zero-order chi connectivity index (χ0) is 21.3. The van der Waals surface area contributed by atoms with Crippen molar-refractivity contribution < 1.29 is 0 Å². The zero-order valence-corrected chi connectivity index (χ0v) is 17.8.